The lowest BCUT2D eigenvalue weighted by Crippen LogP contribution is -2.41. The summed E-state index contributed by atoms with van der Waals surface area (Å²) in [5.74, 6) is 0.713. The van der Waals surface area contributed by atoms with Gasteiger partial charge >= 0.3 is 0 Å². The second kappa shape index (κ2) is 7.97. The van der Waals surface area contributed by atoms with E-state index < -0.39 is 0 Å². The maximum Gasteiger partial charge on any atom is 0.147 e. The lowest BCUT2D eigenvalue weighted by molar-refractivity contribution is 0.184. The van der Waals surface area contributed by atoms with E-state index in [9.17, 15) is 4.39 Å². The molecule has 1 saturated heterocycles. The Morgan fingerprint density at radius 1 is 1.30 bits per heavy atom. The van der Waals surface area contributed by atoms with Crippen molar-refractivity contribution in [2.45, 2.75) is 26.2 Å². The highest BCUT2D eigenvalue weighted by Crippen LogP contribution is 2.22. The van der Waals surface area contributed by atoms with Crippen LogP contribution < -0.4 is 16.8 Å². The zero-order chi connectivity index (χ0) is 16.8. The number of hydrogen-bond acceptors (Lipinski definition) is 4. The Hall–Kier alpha value is -2.08. The quantitative estimate of drug-likeness (QED) is 0.528. The average molecular weight is 319 g/mol. The van der Waals surface area contributed by atoms with Crippen LogP contribution in [0.5, 0.6) is 0 Å². The molecule has 0 saturated carbocycles. The van der Waals surface area contributed by atoms with Crippen LogP contribution in [-0.4, -0.2) is 36.9 Å². The first kappa shape index (κ1) is 17.3. The summed E-state index contributed by atoms with van der Waals surface area (Å²) in [6.07, 6.45) is 1.27. The predicted molar refractivity (Wildman–Crippen MR) is 92.4 cm³/mol. The van der Waals surface area contributed by atoms with Gasteiger partial charge in [0.05, 0.1) is 11.5 Å². The molecule has 0 radical (unpaired) electrons. The average Bonchev–Trinajstić information content (AvgIpc) is 2.47. The van der Waals surface area contributed by atoms with Gasteiger partial charge in [-0.25, -0.2) is 9.38 Å². The van der Waals surface area contributed by atoms with E-state index in [4.69, 9.17) is 11.5 Å². The molecule has 0 aliphatic carbocycles. The van der Waals surface area contributed by atoms with Crippen molar-refractivity contribution in [1.29, 1.82) is 0 Å². The molecule has 0 aromatic heterocycles. The number of likely N-dealkylation sites (tertiary alicyclic amines) is 1. The highest BCUT2D eigenvalue weighted by atomic mass is 19.1. The number of nitrogens with two attached hydrogens (primary N) is 2. The molecule has 5 N–H and O–H groups in total. The van der Waals surface area contributed by atoms with E-state index in [2.05, 4.69) is 15.2 Å². The smallest absolute Gasteiger partial charge is 0.147 e. The van der Waals surface area contributed by atoms with Crippen molar-refractivity contribution >= 4 is 5.84 Å². The third-order valence-electron chi connectivity index (χ3n) is 4.07. The molecular weight excluding hydrogens is 293 g/mol. The summed E-state index contributed by atoms with van der Waals surface area (Å²) in [5, 5.41) is 3.28. The van der Waals surface area contributed by atoms with E-state index in [0.717, 1.165) is 31.7 Å². The molecule has 2 rings (SSSR count). The first-order valence-electron chi connectivity index (χ1n) is 7.99. The molecule has 1 aromatic carbocycles. The Morgan fingerprint density at radius 2 is 1.96 bits per heavy atom. The van der Waals surface area contributed by atoms with E-state index in [0.29, 0.717) is 17.4 Å². The number of hydrogen-bond donors (Lipinski definition) is 3. The van der Waals surface area contributed by atoms with Gasteiger partial charge in [0.25, 0.3) is 0 Å². The third kappa shape index (κ3) is 4.96. The fourth-order valence-electron chi connectivity index (χ4n) is 2.46. The van der Waals surface area contributed by atoms with Crippen molar-refractivity contribution in [3.63, 3.8) is 0 Å². The molecule has 1 aliphatic rings. The first-order chi connectivity index (χ1) is 11.0. The number of aliphatic imine (C=N–C) groups is 1. The standard InChI is InChI=1S/C17H26FN5/c1-12(14-4-6-15(18)7-5-14)16(20)17(22-13(2)19)21-8-11-23-9-3-10-23/h4-7,12,21H,3,8-11,20H2,1-2H3,(H2,19,22)/b17-16-. The van der Waals surface area contributed by atoms with E-state index in [1.54, 1.807) is 19.1 Å². The zero-order valence-corrected chi connectivity index (χ0v) is 13.8. The molecule has 1 aliphatic heterocycles. The Kier molecular flexibility index (Phi) is 5.98. The van der Waals surface area contributed by atoms with Gasteiger partial charge in [0.15, 0.2) is 0 Å². The fraction of sp³-hybridized carbons (Fsp3) is 0.471. The van der Waals surface area contributed by atoms with Crippen LogP contribution in [0.1, 0.15) is 31.7 Å². The molecule has 0 spiro atoms. The number of nitrogens with zero attached hydrogens (tertiary/aromatic N) is 2. The van der Waals surface area contributed by atoms with Crippen LogP contribution in [0, 0.1) is 5.82 Å². The van der Waals surface area contributed by atoms with Crippen molar-refractivity contribution in [3.05, 3.63) is 47.2 Å². The molecule has 1 unspecified atom stereocenters. The molecular formula is C17H26FN5. The highest BCUT2D eigenvalue weighted by molar-refractivity contribution is 5.78. The molecule has 6 heteroatoms. The van der Waals surface area contributed by atoms with Gasteiger partial charge in [-0.2, -0.15) is 0 Å². The van der Waals surface area contributed by atoms with Crippen molar-refractivity contribution in [2.75, 3.05) is 26.2 Å². The van der Waals surface area contributed by atoms with Crippen molar-refractivity contribution in [3.8, 4) is 0 Å². The van der Waals surface area contributed by atoms with Gasteiger partial charge in [0.2, 0.25) is 0 Å². The van der Waals surface area contributed by atoms with Crippen molar-refractivity contribution in [1.82, 2.24) is 10.2 Å². The Labute approximate surface area is 137 Å². The molecule has 1 atom stereocenters. The maximum atomic E-state index is 13.1. The van der Waals surface area contributed by atoms with Gasteiger partial charge in [0.1, 0.15) is 11.6 Å². The second-order valence-corrected chi connectivity index (χ2v) is 5.95. The summed E-state index contributed by atoms with van der Waals surface area (Å²) in [7, 11) is 0. The minimum atomic E-state index is -0.257. The van der Waals surface area contributed by atoms with Crippen molar-refractivity contribution < 1.29 is 4.39 Å². The normalized spacial score (nSPS) is 18.1. The number of allylic oxidation sites excluding steroid dienone is 1. The van der Waals surface area contributed by atoms with E-state index in [-0.39, 0.29) is 11.7 Å². The van der Waals surface area contributed by atoms with E-state index >= 15 is 0 Å². The highest BCUT2D eigenvalue weighted by Gasteiger charge is 2.15. The number of nitrogens with one attached hydrogen (secondary N) is 1. The minimum absolute atomic E-state index is 0.0785. The Morgan fingerprint density at radius 3 is 2.48 bits per heavy atom. The maximum absolute atomic E-state index is 13.1. The molecule has 1 heterocycles. The van der Waals surface area contributed by atoms with Gasteiger partial charge < -0.3 is 21.7 Å². The lowest BCUT2D eigenvalue weighted by Gasteiger charge is -2.30. The fourth-order valence-corrected chi connectivity index (χ4v) is 2.46. The zero-order valence-electron chi connectivity index (χ0n) is 13.8. The van der Waals surface area contributed by atoms with Gasteiger partial charge in [0, 0.05) is 19.0 Å². The molecule has 5 nitrogen and oxygen atoms in total. The van der Waals surface area contributed by atoms with Gasteiger partial charge in [-0.1, -0.05) is 19.1 Å². The van der Waals surface area contributed by atoms with Crippen molar-refractivity contribution in [2.24, 2.45) is 16.5 Å². The lowest BCUT2D eigenvalue weighted by atomic mass is 9.98. The summed E-state index contributed by atoms with van der Waals surface area (Å²) in [4.78, 5) is 6.69. The van der Waals surface area contributed by atoms with E-state index in [1.807, 2.05) is 6.92 Å². The number of benzene rings is 1. The van der Waals surface area contributed by atoms with Crippen LogP contribution in [0.4, 0.5) is 4.39 Å². The van der Waals surface area contributed by atoms with Crippen LogP contribution >= 0.6 is 0 Å². The van der Waals surface area contributed by atoms with Crippen LogP contribution in [-0.2, 0) is 0 Å². The van der Waals surface area contributed by atoms with Gasteiger partial charge in [-0.3, -0.25) is 0 Å². The molecule has 0 bridgehead atoms. The van der Waals surface area contributed by atoms with Gasteiger partial charge in [-0.15, -0.1) is 0 Å². The summed E-state index contributed by atoms with van der Waals surface area (Å²) in [6.45, 7) is 7.74. The van der Waals surface area contributed by atoms with Crippen LogP contribution in [0.3, 0.4) is 0 Å². The first-order valence-corrected chi connectivity index (χ1v) is 7.99. The summed E-state index contributed by atoms with van der Waals surface area (Å²) in [5.41, 5.74) is 13.6. The largest absolute Gasteiger partial charge is 0.399 e. The molecule has 0 amide bonds. The predicted octanol–water partition coefficient (Wildman–Crippen LogP) is 1.73. The topological polar surface area (TPSA) is 79.7 Å². The third-order valence-corrected chi connectivity index (χ3v) is 4.07. The Balaban J connectivity index is 2.10. The minimum Gasteiger partial charge on any atom is -0.399 e. The molecule has 1 fully saturated rings. The summed E-state index contributed by atoms with van der Waals surface area (Å²) < 4.78 is 13.1. The second-order valence-electron chi connectivity index (χ2n) is 5.95. The molecule has 23 heavy (non-hydrogen) atoms. The van der Waals surface area contributed by atoms with Crippen LogP contribution in [0.2, 0.25) is 0 Å². The summed E-state index contributed by atoms with van der Waals surface area (Å²) in [6, 6.07) is 6.36. The molecule has 126 valence electrons. The monoisotopic (exact) mass is 319 g/mol. The van der Waals surface area contributed by atoms with E-state index in [1.165, 1.54) is 18.6 Å². The SMILES string of the molecule is C/C(N)=N/C(NCCN1CCC1)=C(\N)C(C)c1ccc(F)cc1. The van der Waals surface area contributed by atoms with Gasteiger partial charge in [-0.05, 0) is 44.1 Å². The summed E-state index contributed by atoms with van der Waals surface area (Å²) >= 11 is 0. The van der Waals surface area contributed by atoms with Crippen LogP contribution in [0.15, 0.2) is 40.8 Å². The van der Waals surface area contributed by atoms with Crippen LogP contribution in [0.25, 0.3) is 0 Å². The molecule has 1 aromatic rings. The number of halogens is 1. The Bertz CT molecular complexity index is 571. The number of rotatable bonds is 7. The number of amidine groups is 1.